The Morgan fingerprint density at radius 2 is 1.50 bits per heavy atom. The fraction of sp³-hybridized carbons (Fsp3) is 0.0769. The van der Waals surface area contributed by atoms with E-state index in [1.807, 2.05) is 36.4 Å². The van der Waals surface area contributed by atoms with Crippen molar-refractivity contribution in [1.82, 2.24) is 0 Å². The topological polar surface area (TPSA) is 12.0 Å². The van der Waals surface area contributed by atoms with Gasteiger partial charge in [0.05, 0.1) is 10.7 Å². The first kappa shape index (κ1) is 14.2. The summed E-state index contributed by atoms with van der Waals surface area (Å²) in [6, 6.07) is 11.5. The monoisotopic (exact) mass is 407 g/mol. The van der Waals surface area contributed by atoms with Gasteiger partial charge in [-0.2, -0.15) is 0 Å². The predicted octanol–water partition coefficient (Wildman–Crippen LogP) is 6.13. The molecule has 2 aromatic carbocycles. The van der Waals surface area contributed by atoms with E-state index in [2.05, 4.69) is 37.2 Å². The average molecular weight is 410 g/mol. The summed E-state index contributed by atoms with van der Waals surface area (Å²) in [5.41, 5.74) is 1.89. The van der Waals surface area contributed by atoms with Crippen LogP contribution in [0.5, 0.6) is 0 Å². The molecular weight excluding hydrogens is 401 g/mol. The maximum Gasteiger partial charge on any atom is 0.0638 e. The molecule has 0 aliphatic heterocycles. The summed E-state index contributed by atoms with van der Waals surface area (Å²) in [4.78, 5) is 0. The van der Waals surface area contributed by atoms with Gasteiger partial charge in [-0.3, -0.25) is 0 Å². The van der Waals surface area contributed by atoms with Crippen molar-refractivity contribution < 1.29 is 0 Å². The molecule has 0 radical (unpaired) electrons. The van der Waals surface area contributed by atoms with Crippen LogP contribution in [0, 0.1) is 0 Å². The molecule has 0 aliphatic rings. The molecule has 0 fully saturated rings. The first-order chi connectivity index (χ1) is 8.56. The van der Waals surface area contributed by atoms with Crippen molar-refractivity contribution in [1.29, 1.82) is 0 Å². The highest BCUT2D eigenvalue weighted by atomic mass is 79.9. The van der Waals surface area contributed by atoms with E-state index in [9.17, 15) is 0 Å². The highest BCUT2D eigenvalue weighted by molar-refractivity contribution is 9.10. The van der Waals surface area contributed by atoms with Crippen LogP contribution < -0.4 is 5.32 Å². The van der Waals surface area contributed by atoms with Gasteiger partial charge in [0.25, 0.3) is 0 Å². The number of rotatable bonds is 3. The van der Waals surface area contributed by atoms with Crippen LogP contribution in [0.25, 0.3) is 0 Å². The molecule has 0 atom stereocenters. The Bertz CT molecular complexity index is 521. The summed E-state index contributed by atoms with van der Waals surface area (Å²) in [6.07, 6.45) is 0. The van der Waals surface area contributed by atoms with Gasteiger partial charge >= 0.3 is 0 Å². The van der Waals surface area contributed by atoms with Crippen molar-refractivity contribution in [3.8, 4) is 0 Å². The largest absolute Gasteiger partial charge is 0.380 e. The Kier molecular flexibility index (Phi) is 4.96. The summed E-state index contributed by atoms with van der Waals surface area (Å²) in [5, 5.41) is 4.69. The molecule has 1 nitrogen and oxygen atoms in total. The van der Waals surface area contributed by atoms with Crippen LogP contribution in [0.4, 0.5) is 5.69 Å². The molecule has 0 unspecified atom stereocenters. The van der Waals surface area contributed by atoms with E-state index in [4.69, 9.17) is 23.2 Å². The molecule has 1 N–H and O–H groups in total. The van der Waals surface area contributed by atoms with Crippen molar-refractivity contribution in [2.24, 2.45) is 0 Å². The summed E-state index contributed by atoms with van der Waals surface area (Å²) >= 11 is 19.1. The molecule has 2 aromatic rings. The minimum Gasteiger partial charge on any atom is -0.380 e. The normalized spacial score (nSPS) is 10.4. The lowest BCUT2D eigenvalue weighted by Crippen LogP contribution is -2.00. The molecule has 94 valence electrons. The van der Waals surface area contributed by atoms with Crippen molar-refractivity contribution in [2.45, 2.75) is 6.54 Å². The van der Waals surface area contributed by atoms with E-state index in [-0.39, 0.29) is 0 Å². The van der Waals surface area contributed by atoms with E-state index >= 15 is 0 Å². The van der Waals surface area contributed by atoms with Crippen molar-refractivity contribution in [3.63, 3.8) is 0 Å². The lowest BCUT2D eigenvalue weighted by atomic mass is 10.2. The Balaban J connectivity index is 2.16. The van der Waals surface area contributed by atoms with Crippen LogP contribution in [-0.4, -0.2) is 0 Å². The zero-order chi connectivity index (χ0) is 13.1. The molecule has 0 spiro atoms. The molecule has 5 heteroatoms. The Hall–Kier alpha value is -0.220. The Labute approximate surface area is 133 Å². The first-order valence-corrected chi connectivity index (χ1v) is 7.53. The molecule has 0 saturated heterocycles. The highest BCUT2D eigenvalue weighted by Crippen LogP contribution is 2.27. The first-order valence-electron chi connectivity index (χ1n) is 5.19. The third-order valence-electron chi connectivity index (χ3n) is 2.41. The Morgan fingerprint density at radius 1 is 0.889 bits per heavy atom. The van der Waals surface area contributed by atoms with Gasteiger partial charge in [0.15, 0.2) is 0 Å². The van der Waals surface area contributed by atoms with Gasteiger partial charge in [-0.15, -0.1) is 0 Å². The fourth-order valence-corrected chi connectivity index (χ4v) is 2.64. The van der Waals surface area contributed by atoms with Crippen molar-refractivity contribution >= 4 is 60.7 Å². The zero-order valence-electron chi connectivity index (χ0n) is 9.18. The van der Waals surface area contributed by atoms with Gasteiger partial charge in [0.2, 0.25) is 0 Å². The van der Waals surface area contributed by atoms with Crippen LogP contribution >= 0.6 is 55.1 Å². The second-order valence-corrected chi connectivity index (χ2v) is 6.36. The number of anilines is 1. The maximum atomic E-state index is 6.13. The third-order valence-corrected chi connectivity index (χ3v) is 4.09. The lowest BCUT2D eigenvalue weighted by Gasteiger charge is -2.10. The van der Waals surface area contributed by atoms with Gasteiger partial charge in [0.1, 0.15) is 0 Å². The number of hydrogen-bond acceptors (Lipinski definition) is 1. The molecule has 0 saturated carbocycles. The molecule has 0 amide bonds. The zero-order valence-corrected chi connectivity index (χ0v) is 13.9. The SMILES string of the molecule is Clc1ccc(Br)cc1CNc1cc(Br)ccc1Cl. The molecular formula is C13H9Br2Cl2N. The Morgan fingerprint density at radius 3 is 2.22 bits per heavy atom. The smallest absolute Gasteiger partial charge is 0.0638 e. The van der Waals surface area contributed by atoms with E-state index < -0.39 is 0 Å². The third kappa shape index (κ3) is 3.64. The van der Waals surface area contributed by atoms with Crippen LogP contribution in [0.3, 0.4) is 0 Å². The number of halogens is 4. The van der Waals surface area contributed by atoms with Crippen LogP contribution in [0.15, 0.2) is 45.3 Å². The quantitative estimate of drug-likeness (QED) is 0.642. The summed E-state index contributed by atoms with van der Waals surface area (Å²) in [6.45, 7) is 0.619. The van der Waals surface area contributed by atoms with Crippen LogP contribution in [-0.2, 0) is 6.54 Å². The summed E-state index contributed by atoms with van der Waals surface area (Å²) in [5.74, 6) is 0. The van der Waals surface area contributed by atoms with Gasteiger partial charge in [0, 0.05) is 20.5 Å². The lowest BCUT2D eigenvalue weighted by molar-refractivity contribution is 1.15. The molecule has 0 aliphatic carbocycles. The fourth-order valence-electron chi connectivity index (χ4n) is 1.50. The minimum absolute atomic E-state index is 0.619. The molecule has 2 rings (SSSR count). The molecule has 0 bridgehead atoms. The molecule has 0 aromatic heterocycles. The molecule has 18 heavy (non-hydrogen) atoms. The minimum atomic E-state index is 0.619. The van der Waals surface area contributed by atoms with Crippen LogP contribution in [0.2, 0.25) is 10.0 Å². The van der Waals surface area contributed by atoms with E-state index in [0.29, 0.717) is 11.6 Å². The summed E-state index contributed by atoms with van der Waals surface area (Å²) < 4.78 is 1.98. The number of hydrogen-bond donors (Lipinski definition) is 1. The second kappa shape index (κ2) is 6.29. The van der Waals surface area contributed by atoms with Gasteiger partial charge in [-0.1, -0.05) is 55.1 Å². The maximum absolute atomic E-state index is 6.13. The standard InChI is InChI=1S/C13H9Br2Cl2N/c14-9-1-3-11(16)8(5-9)7-18-13-6-10(15)2-4-12(13)17/h1-6,18H,7H2. The number of benzene rings is 2. The predicted molar refractivity (Wildman–Crippen MR) is 85.6 cm³/mol. The number of nitrogens with one attached hydrogen (secondary N) is 1. The van der Waals surface area contributed by atoms with E-state index in [1.165, 1.54) is 0 Å². The van der Waals surface area contributed by atoms with Gasteiger partial charge in [-0.25, -0.2) is 0 Å². The molecule has 0 heterocycles. The van der Waals surface area contributed by atoms with E-state index in [0.717, 1.165) is 25.2 Å². The van der Waals surface area contributed by atoms with Crippen molar-refractivity contribution in [2.75, 3.05) is 5.32 Å². The van der Waals surface area contributed by atoms with Gasteiger partial charge in [-0.05, 0) is 42.0 Å². The van der Waals surface area contributed by atoms with Crippen molar-refractivity contribution in [3.05, 3.63) is 61.0 Å². The van der Waals surface area contributed by atoms with Crippen LogP contribution in [0.1, 0.15) is 5.56 Å². The highest BCUT2D eigenvalue weighted by Gasteiger charge is 2.04. The van der Waals surface area contributed by atoms with Gasteiger partial charge < -0.3 is 5.32 Å². The summed E-state index contributed by atoms with van der Waals surface area (Å²) in [7, 11) is 0. The average Bonchev–Trinajstić information content (AvgIpc) is 2.34. The van der Waals surface area contributed by atoms with E-state index in [1.54, 1.807) is 0 Å². The second-order valence-electron chi connectivity index (χ2n) is 3.71.